The van der Waals surface area contributed by atoms with Crippen LogP contribution in [0.3, 0.4) is 0 Å². The molecule has 0 aliphatic carbocycles. The van der Waals surface area contributed by atoms with Crippen LogP contribution in [0.5, 0.6) is 0 Å². The SMILES string of the molecule is CCC/C=C\CCCCCCCC(=O)OC(COC(=O)CCCC)COP(=O)(O)OCC(O)CO. The molecule has 10 nitrogen and oxygen atoms in total. The first-order valence-electron chi connectivity index (χ1n) is 12.6. The molecule has 0 radical (unpaired) electrons. The second kappa shape index (κ2) is 21.9. The maximum atomic E-state index is 12.2. The lowest BCUT2D eigenvalue weighted by molar-refractivity contribution is -0.161. The van der Waals surface area contributed by atoms with Gasteiger partial charge in [-0.15, -0.1) is 0 Å². The lowest BCUT2D eigenvalue weighted by Crippen LogP contribution is -2.29. The van der Waals surface area contributed by atoms with Crippen molar-refractivity contribution in [3.8, 4) is 0 Å². The van der Waals surface area contributed by atoms with E-state index in [0.717, 1.165) is 51.4 Å². The molecule has 0 amide bonds. The van der Waals surface area contributed by atoms with Crippen LogP contribution in [0.2, 0.25) is 0 Å². The molecule has 0 saturated heterocycles. The van der Waals surface area contributed by atoms with Gasteiger partial charge in [0.2, 0.25) is 0 Å². The standard InChI is InChI=1S/C24H45O10P/c1-3-5-7-8-9-10-11-12-13-14-16-24(28)34-22(19-31-23(27)15-6-4-2)20-33-35(29,30)32-18-21(26)17-25/h7-8,21-22,25-26H,3-6,9-20H2,1-2H3,(H,29,30)/b8-7-. The molecule has 0 saturated carbocycles. The number of hydrogen-bond acceptors (Lipinski definition) is 9. The minimum atomic E-state index is -4.58. The number of rotatable bonds is 23. The fourth-order valence-corrected chi connectivity index (χ4v) is 3.64. The zero-order valence-electron chi connectivity index (χ0n) is 21.3. The van der Waals surface area contributed by atoms with E-state index in [9.17, 15) is 24.2 Å². The van der Waals surface area contributed by atoms with Crippen molar-refractivity contribution in [1.82, 2.24) is 0 Å². The summed E-state index contributed by atoms with van der Waals surface area (Å²) in [5, 5.41) is 18.0. The summed E-state index contributed by atoms with van der Waals surface area (Å²) in [4.78, 5) is 33.7. The Labute approximate surface area is 209 Å². The number of carbonyl (C=O) groups is 2. The number of aliphatic hydroxyl groups is 2. The Hall–Kier alpha value is -1.29. The number of esters is 2. The van der Waals surface area contributed by atoms with Crippen molar-refractivity contribution in [1.29, 1.82) is 0 Å². The van der Waals surface area contributed by atoms with E-state index in [4.69, 9.17) is 19.1 Å². The quantitative estimate of drug-likeness (QED) is 0.0768. The average molecular weight is 525 g/mol. The third kappa shape index (κ3) is 21.7. The van der Waals surface area contributed by atoms with Crippen molar-refractivity contribution < 1.29 is 47.8 Å². The molecule has 0 spiro atoms. The van der Waals surface area contributed by atoms with Crippen molar-refractivity contribution in [2.45, 2.75) is 103 Å². The van der Waals surface area contributed by atoms with Crippen LogP contribution in [0.4, 0.5) is 0 Å². The van der Waals surface area contributed by atoms with E-state index in [1.165, 1.54) is 0 Å². The Morgan fingerprint density at radius 2 is 1.46 bits per heavy atom. The number of aliphatic hydroxyl groups excluding tert-OH is 2. The van der Waals surface area contributed by atoms with Crippen molar-refractivity contribution in [3.05, 3.63) is 12.2 Å². The van der Waals surface area contributed by atoms with Gasteiger partial charge in [0.25, 0.3) is 0 Å². The molecule has 0 aromatic heterocycles. The average Bonchev–Trinajstić information content (AvgIpc) is 2.84. The molecule has 0 aromatic carbocycles. The lowest BCUT2D eigenvalue weighted by atomic mass is 10.1. The Balaban J connectivity index is 4.45. The summed E-state index contributed by atoms with van der Waals surface area (Å²) >= 11 is 0. The van der Waals surface area contributed by atoms with Gasteiger partial charge in [-0.1, -0.05) is 58.1 Å². The van der Waals surface area contributed by atoms with Gasteiger partial charge in [-0.2, -0.15) is 0 Å². The van der Waals surface area contributed by atoms with Gasteiger partial charge in [-0.05, 0) is 32.1 Å². The molecule has 0 bridgehead atoms. The van der Waals surface area contributed by atoms with Crippen molar-refractivity contribution in [3.63, 3.8) is 0 Å². The number of phosphoric ester groups is 1. The molecule has 0 aliphatic rings. The zero-order valence-corrected chi connectivity index (χ0v) is 22.2. The maximum absolute atomic E-state index is 12.2. The number of allylic oxidation sites excluding steroid dienone is 2. The number of carbonyl (C=O) groups excluding carboxylic acids is 2. The van der Waals surface area contributed by atoms with E-state index in [1.807, 2.05) is 6.92 Å². The van der Waals surface area contributed by atoms with Crippen LogP contribution in [-0.2, 0) is 32.7 Å². The predicted octanol–water partition coefficient (Wildman–Crippen LogP) is 4.21. The molecule has 3 N–H and O–H groups in total. The molecule has 0 rings (SSSR count). The molecular weight excluding hydrogens is 479 g/mol. The molecule has 3 unspecified atom stereocenters. The summed E-state index contributed by atoms with van der Waals surface area (Å²) in [6.45, 7) is 1.96. The summed E-state index contributed by atoms with van der Waals surface area (Å²) in [7, 11) is -4.58. The van der Waals surface area contributed by atoms with Crippen LogP contribution in [0, 0.1) is 0 Å². The maximum Gasteiger partial charge on any atom is 0.472 e. The summed E-state index contributed by atoms with van der Waals surface area (Å²) < 4.78 is 31.8. The highest BCUT2D eigenvalue weighted by atomic mass is 31.2. The van der Waals surface area contributed by atoms with Crippen LogP contribution < -0.4 is 0 Å². The van der Waals surface area contributed by atoms with Crippen LogP contribution in [-0.4, -0.2) is 65.7 Å². The molecule has 3 atom stereocenters. The van der Waals surface area contributed by atoms with E-state index in [2.05, 4.69) is 23.6 Å². The Morgan fingerprint density at radius 3 is 2.14 bits per heavy atom. The minimum absolute atomic E-state index is 0.173. The monoisotopic (exact) mass is 524 g/mol. The first-order chi connectivity index (χ1) is 16.7. The van der Waals surface area contributed by atoms with Crippen LogP contribution in [0.1, 0.15) is 90.9 Å². The summed E-state index contributed by atoms with van der Waals surface area (Å²) in [6, 6.07) is 0. The van der Waals surface area contributed by atoms with Gasteiger partial charge in [0.1, 0.15) is 12.7 Å². The number of unbranched alkanes of at least 4 members (excludes halogenated alkanes) is 7. The second-order valence-corrected chi connectivity index (χ2v) is 9.81. The smallest absolute Gasteiger partial charge is 0.462 e. The van der Waals surface area contributed by atoms with Crippen LogP contribution in [0.25, 0.3) is 0 Å². The molecule has 0 heterocycles. The van der Waals surface area contributed by atoms with Crippen LogP contribution >= 0.6 is 7.82 Å². The Morgan fingerprint density at radius 1 is 0.829 bits per heavy atom. The fraction of sp³-hybridized carbons (Fsp3) is 0.833. The third-order valence-electron chi connectivity index (χ3n) is 4.90. The van der Waals surface area contributed by atoms with Gasteiger partial charge in [-0.25, -0.2) is 4.57 Å². The molecule has 0 aromatic rings. The van der Waals surface area contributed by atoms with Gasteiger partial charge >= 0.3 is 19.8 Å². The third-order valence-corrected chi connectivity index (χ3v) is 5.85. The normalized spacial score (nSPS) is 15.0. The number of phosphoric acid groups is 1. The van der Waals surface area contributed by atoms with Crippen molar-refractivity contribution in [2.75, 3.05) is 26.4 Å². The van der Waals surface area contributed by atoms with E-state index < -0.39 is 51.8 Å². The molecule has 0 aliphatic heterocycles. The largest absolute Gasteiger partial charge is 0.472 e. The van der Waals surface area contributed by atoms with E-state index >= 15 is 0 Å². The van der Waals surface area contributed by atoms with Gasteiger partial charge in [0.15, 0.2) is 6.10 Å². The van der Waals surface area contributed by atoms with E-state index in [1.54, 1.807) is 0 Å². The summed E-state index contributed by atoms with van der Waals surface area (Å²) in [5.41, 5.74) is 0. The van der Waals surface area contributed by atoms with E-state index in [0.29, 0.717) is 12.8 Å². The second-order valence-electron chi connectivity index (χ2n) is 8.36. The topological polar surface area (TPSA) is 149 Å². The number of hydrogen-bond donors (Lipinski definition) is 3. The van der Waals surface area contributed by atoms with Gasteiger partial charge < -0.3 is 24.6 Å². The Bertz CT molecular complexity index is 625. The Kier molecular flexibility index (Phi) is 21.1. The highest BCUT2D eigenvalue weighted by Crippen LogP contribution is 2.43. The summed E-state index contributed by atoms with van der Waals surface area (Å²) in [5.74, 6) is -0.984. The number of ether oxygens (including phenoxy) is 2. The molecular formula is C24H45O10P. The van der Waals surface area contributed by atoms with E-state index in [-0.39, 0.29) is 19.4 Å². The summed E-state index contributed by atoms with van der Waals surface area (Å²) in [6.07, 6.45) is 11.9. The molecule has 0 fully saturated rings. The predicted molar refractivity (Wildman–Crippen MR) is 132 cm³/mol. The molecule has 35 heavy (non-hydrogen) atoms. The lowest BCUT2D eigenvalue weighted by Gasteiger charge is -2.20. The van der Waals surface area contributed by atoms with Crippen molar-refractivity contribution in [2.24, 2.45) is 0 Å². The first kappa shape index (κ1) is 33.7. The molecule has 206 valence electrons. The fourth-order valence-electron chi connectivity index (χ4n) is 2.85. The van der Waals surface area contributed by atoms with Gasteiger partial charge in [0, 0.05) is 12.8 Å². The highest BCUT2D eigenvalue weighted by Gasteiger charge is 2.27. The zero-order chi connectivity index (χ0) is 26.4. The van der Waals surface area contributed by atoms with Gasteiger partial charge in [-0.3, -0.25) is 18.6 Å². The van der Waals surface area contributed by atoms with Crippen molar-refractivity contribution >= 4 is 19.8 Å². The van der Waals surface area contributed by atoms with Crippen LogP contribution in [0.15, 0.2) is 12.2 Å². The molecule has 11 heteroatoms. The minimum Gasteiger partial charge on any atom is -0.462 e. The first-order valence-corrected chi connectivity index (χ1v) is 14.1. The highest BCUT2D eigenvalue weighted by molar-refractivity contribution is 7.47. The van der Waals surface area contributed by atoms with Gasteiger partial charge in [0.05, 0.1) is 19.8 Å².